The molecule has 0 aliphatic heterocycles. The second-order valence-electron chi connectivity index (χ2n) is 5.33. The van der Waals surface area contributed by atoms with Crippen molar-refractivity contribution >= 4 is 11.3 Å². The Morgan fingerprint density at radius 2 is 1.87 bits per heavy atom. The molecule has 0 bridgehead atoms. The van der Waals surface area contributed by atoms with Gasteiger partial charge >= 0.3 is 0 Å². The van der Waals surface area contributed by atoms with Gasteiger partial charge in [-0.25, -0.2) is 4.68 Å². The molecule has 0 saturated heterocycles. The normalized spacial score (nSPS) is 10.8. The fourth-order valence-corrected chi connectivity index (χ4v) is 3.35. The third-order valence-electron chi connectivity index (χ3n) is 3.81. The molecule has 0 fully saturated rings. The van der Waals surface area contributed by atoms with Crippen LogP contribution in [0, 0.1) is 6.92 Å². The molecular weight excluding hydrogens is 302 g/mol. The van der Waals surface area contributed by atoms with Crippen molar-refractivity contribution in [3.05, 3.63) is 77.9 Å². The number of hydrogen-bond donors (Lipinski definition) is 0. The maximum atomic E-state index is 4.62. The van der Waals surface area contributed by atoms with E-state index in [-0.39, 0.29) is 0 Å². The van der Waals surface area contributed by atoms with E-state index in [1.165, 1.54) is 16.7 Å². The minimum absolute atomic E-state index is 0.931. The van der Waals surface area contributed by atoms with Crippen LogP contribution in [0.15, 0.2) is 72.4 Å². The topological polar surface area (TPSA) is 30.7 Å². The molecular formula is C19H15N3S. The van der Waals surface area contributed by atoms with Crippen LogP contribution < -0.4 is 0 Å². The van der Waals surface area contributed by atoms with E-state index in [2.05, 4.69) is 58.8 Å². The van der Waals surface area contributed by atoms with Gasteiger partial charge in [0.05, 0.1) is 17.6 Å². The third kappa shape index (κ3) is 2.58. The van der Waals surface area contributed by atoms with Crippen molar-refractivity contribution in [3.8, 4) is 27.5 Å². The summed E-state index contributed by atoms with van der Waals surface area (Å²) in [5, 5.41) is 7.59. The van der Waals surface area contributed by atoms with Crippen molar-refractivity contribution in [3.63, 3.8) is 0 Å². The maximum Gasteiger partial charge on any atom is 0.118 e. The van der Waals surface area contributed by atoms with Crippen molar-refractivity contribution in [2.24, 2.45) is 0 Å². The number of aromatic nitrogens is 3. The molecule has 3 aromatic heterocycles. The fraction of sp³-hybridized carbons (Fsp3) is 0.0526. The molecule has 0 atom stereocenters. The van der Waals surface area contributed by atoms with Gasteiger partial charge in [-0.15, -0.1) is 11.3 Å². The van der Waals surface area contributed by atoms with Gasteiger partial charge in [0.15, 0.2) is 0 Å². The zero-order chi connectivity index (χ0) is 15.6. The number of pyridine rings is 1. The van der Waals surface area contributed by atoms with Crippen molar-refractivity contribution < 1.29 is 0 Å². The van der Waals surface area contributed by atoms with E-state index < -0.39 is 0 Å². The molecule has 4 aromatic rings. The molecule has 0 radical (unpaired) electrons. The van der Waals surface area contributed by atoms with Gasteiger partial charge in [0.2, 0.25) is 0 Å². The summed E-state index contributed by atoms with van der Waals surface area (Å²) in [5.74, 6) is 0. The van der Waals surface area contributed by atoms with E-state index in [1.54, 1.807) is 11.3 Å². The van der Waals surface area contributed by atoms with Crippen LogP contribution in [0.5, 0.6) is 0 Å². The van der Waals surface area contributed by atoms with Crippen molar-refractivity contribution in [1.82, 2.24) is 14.8 Å². The van der Waals surface area contributed by atoms with E-state index in [0.717, 1.165) is 16.4 Å². The second-order valence-corrected chi connectivity index (χ2v) is 6.26. The Balaban J connectivity index is 1.84. The SMILES string of the molecule is Cc1cnc(-c2ccnn2-c2cccs2)cc1-c1ccccc1. The van der Waals surface area contributed by atoms with Gasteiger partial charge in [0.25, 0.3) is 0 Å². The molecule has 0 amide bonds. The standard InChI is InChI=1S/C19H15N3S/c1-14-13-20-17(12-16(14)15-6-3-2-4-7-15)18-9-10-21-22(18)19-8-5-11-23-19/h2-13H,1H3. The fourth-order valence-electron chi connectivity index (χ4n) is 2.66. The van der Waals surface area contributed by atoms with E-state index in [9.17, 15) is 0 Å². The molecule has 0 saturated carbocycles. The molecule has 112 valence electrons. The lowest BCUT2D eigenvalue weighted by molar-refractivity contribution is 0.901. The highest BCUT2D eigenvalue weighted by molar-refractivity contribution is 7.12. The maximum absolute atomic E-state index is 4.62. The molecule has 0 aliphatic carbocycles. The largest absolute Gasteiger partial charge is 0.254 e. The molecule has 3 heterocycles. The highest BCUT2D eigenvalue weighted by Crippen LogP contribution is 2.29. The lowest BCUT2D eigenvalue weighted by Crippen LogP contribution is -1.98. The lowest BCUT2D eigenvalue weighted by atomic mass is 10.0. The predicted octanol–water partition coefficient (Wildman–Crippen LogP) is 4.97. The quantitative estimate of drug-likeness (QED) is 0.534. The van der Waals surface area contributed by atoms with Crippen molar-refractivity contribution in [2.75, 3.05) is 0 Å². The average molecular weight is 317 g/mol. The Bertz CT molecular complexity index is 924. The van der Waals surface area contributed by atoms with Crippen LogP contribution >= 0.6 is 11.3 Å². The van der Waals surface area contributed by atoms with Crippen LogP contribution in [0.25, 0.3) is 27.5 Å². The monoisotopic (exact) mass is 317 g/mol. The average Bonchev–Trinajstić information content (AvgIpc) is 3.27. The van der Waals surface area contributed by atoms with Crippen LogP contribution in [0.4, 0.5) is 0 Å². The Labute approximate surface area is 138 Å². The van der Waals surface area contributed by atoms with Crippen molar-refractivity contribution in [1.29, 1.82) is 0 Å². The zero-order valence-electron chi connectivity index (χ0n) is 12.7. The summed E-state index contributed by atoms with van der Waals surface area (Å²) in [6.07, 6.45) is 3.75. The highest BCUT2D eigenvalue weighted by Gasteiger charge is 2.12. The summed E-state index contributed by atoms with van der Waals surface area (Å²) in [5.41, 5.74) is 5.51. The second kappa shape index (κ2) is 5.82. The minimum Gasteiger partial charge on any atom is -0.254 e. The molecule has 4 rings (SSSR count). The van der Waals surface area contributed by atoms with Gasteiger partial charge in [-0.05, 0) is 53.3 Å². The molecule has 3 nitrogen and oxygen atoms in total. The molecule has 23 heavy (non-hydrogen) atoms. The number of benzene rings is 1. The molecule has 0 aliphatic rings. The Kier molecular flexibility index (Phi) is 3.52. The number of aryl methyl sites for hydroxylation is 1. The van der Waals surface area contributed by atoms with Crippen LogP contribution in [0.1, 0.15) is 5.56 Å². The summed E-state index contributed by atoms with van der Waals surface area (Å²) >= 11 is 1.67. The predicted molar refractivity (Wildman–Crippen MR) is 94.8 cm³/mol. The van der Waals surface area contributed by atoms with E-state index in [4.69, 9.17) is 0 Å². The first kappa shape index (κ1) is 13.9. The first-order chi connectivity index (χ1) is 11.3. The van der Waals surface area contributed by atoms with E-state index >= 15 is 0 Å². The molecule has 4 heteroatoms. The van der Waals surface area contributed by atoms with Crippen LogP contribution in [-0.4, -0.2) is 14.8 Å². The van der Waals surface area contributed by atoms with Gasteiger partial charge < -0.3 is 0 Å². The van der Waals surface area contributed by atoms with Gasteiger partial charge in [-0.1, -0.05) is 30.3 Å². The van der Waals surface area contributed by atoms with Gasteiger partial charge in [-0.3, -0.25) is 4.98 Å². The van der Waals surface area contributed by atoms with Crippen LogP contribution in [0.3, 0.4) is 0 Å². The first-order valence-corrected chi connectivity index (χ1v) is 8.31. The Hall–Kier alpha value is -2.72. The summed E-state index contributed by atoms with van der Waals surface area (Å²) in [4.78, 5) is 4.62. The van der Waals surface area contributed by atoms with Crippen LogP contribution in [-0.2, 0) is 0 Å². The summed E-state index contributed by atoms with van der Waals surface area (Å²) in [6.45, 7) is 2.09. The van der Waals surface area contributed by atoms with E-state index in [1.807, 2.05) is 35.3 Å². The molecule has 0 unspecified atom stereocenters. The molecule has 1 aromatic carbocycles. The highest BCUT2D eigenvalue weighted by atomic mass is 32.1. The van der Waals surface area contributed by atoms with Crippen molar-refractivity contribution in [2.45, 2.75) is 6.92 Å². The number of rotatable bonds is 3. The van der Waals surface area contributed by atoms with Gasteiger partial charge in [-0.2, -0.15) is 5.10 Å². The summed E-state index contributed by atoms with van der Waals surface area (Å²) < 4.78 is 1.94. The van der Waals surface area contributed by atoms with Gasteiger partial charge in [0.1, 0.15) is 5.00 Å². The zero-order valence-corrected chi connectivity index (χ0v) is 13.5. The Morgan fingerprint density at radius 1 is 1.00 bits per heavy atom. The third-order valence-corrected chi connectivity index (χ3v) is 4.65. The number of hydrogen-bond acceptors (Lipinski definition) is 3. The molecule has 0 spiro atoms. The molecule has 0 N–H and O–H groups in total. The van der Waals surface area contributed by atoms with Gasteiger partial charge in [0, 0.05) is 6.20 Å². The first-order valence-electron chi connectivity index (χ1n) is 7.43. The number of thiophene rings is 1. The smallest absolute Gasteiger partial charge is 0.118 e. The number of nitrogens with zero attached hydrogens (tertiary/aromatic N) is 3. The minimum atomic E-state index is 0.931. The lowest BCUT2D eigenvalue weighted by Gasteiger charge is -2.10. The van der Waals surface area contributed by atoms with E-state index in [0.29, 0.717) is 0 Å². The summed E-state index contributed by atoms with van der Waals surface area (Å²) in [6, 6.07) is 18.7. The van der Waals surface area contributed by atoms with Crippen LogP contribution in [0.2, 0.25) is 0 Å². The summed E-state index contributed by atoms with van der Waals surface area (Å²) in [7, 11) is 0. The Morgan fingerprint density at radius 3 is 2.65 bits per heavy atom.